The third-order valence-electron chi connectivity index (χ3n) is 6.85. The molecule has 3 aromatic rings. The Hall–Kier alpha value is -2.93. The summed E-state index contributed by atoms with van der Waals surface area (Å²) in [5.41, 5.74) is 4.63. The van der Waals surface area contributed by atoms with Crippen molar-refractivity contribution in [2.24, 2.45) is 0 Å². The molecule has 2 atom stereocenters. The van der Waals surface area contributed by atoms with Crippen LogP contribution in [0.1, 0.15) is 37.0 Å². The van der Waals surface area contributed by atoms with Crippen molar-refractivity contribution >= 4 is 23.2 Å². The fourth-order valence-electron chi connectivity index (χ4n) is 4.81. The molecule has 36 heavy (non-hydrogen) atoms. The summed E-state index contributed by atoms with van der Waals surface area (Å²) in [4.78, 5) is 22.1. The van der Waals surface area contributed by atoms with Crippen molar-refractivity contribution in [3.05, 3.63) is 94.8 Å². The Kier molecular flexibility index (Phi) is 9.34. The lowest BCUT2D eigenvalue weighted by atomic mass is 10.1. The summed E-state index contributed by atoms with van der Waals surface area (Å²) in [5.74, 6) is 0.0643. The summed E-state index contributed by atoms with van der Waals surface area (Å²) in [5, 5.41) is 7.52. The second-order valence-electron chi connectivity index (χ2n) is 9.30. The number of nitrogens with one attached hydrogen (secondary N) is 2. The molecule has 1 aliphatic rings. The van der Waals surface area contributed by atoms with Crippen LogP contribution in [-0.2, 0) is 24.4 Å². The first-order chi connectivity index (χ1) is 17.6. The van der Waals surface area contributed by atoms with E-state index in [-0.39, 0.29) is 18.0 Å². The molecule has 0 aliphatic carbocycles. The van der Waals surface area contributed by atoms with E-state index in [1.807, 2.05) is 36.4 Å². The average molecular weight is 506 g/mol. The normalized spacial score (nSPS) is 17.8. The molecule has 2 aromatic carbocycles. The van der Waals surface area contributed by atoms with E-state index in [1.165, 1.54) is 16.8 Å². The van der Waals surface area contributed by atoms with Crippen LogP contribution in [0.15, 0.2) is 73.1 Å². The minimum Gasteiger partial charge on any atom is -0.372 e. The number of carbonyl (C=O) groups excluding carboxylic acids is 1. The van der Waals surface area contributed by atoms with Crippen LogP contribution >= 0.6 is 11.6 Å². The van der Waals surface area contributed by atoms with Crippen LogP contribution < -0.4 is 15.5 Å². The summed E-state index contributed by atoms with van der Waals surface area (Å²) >= 11 is 6.03. The van der Waals surface area contributed by atoms with Gasteiger partial charge in [0, 0.05) is 68.4 Å². The molecule has 0 unspecified atom stereocenters. The van der Waals surface area contributed by atoms with E-state index in [9.17, 15) is 4.79 Å². The molecule has 1 aliphatic heterocycles. The van der Waals surface area contributed by atoms with Crippen LogP contribution in [0.4, 0.5) is 5.69 Å². The molecule has 2 heterocycles. The molecular formula is C29H36ClN5O. The van der Waals surface area contributed by atoms with E-state index in [1.54, 1.807) is 12.4 Å². The Morgan fingerprint density at radius 2 is 1.72 bits per heavy atom. The van der Waals surface area contributed by atoms with Crippen molar-refractivity contribution in [1.29, 1.82) is 0 Å². The van der Waals surface area contributed by atoms with Gasteiger partial charge in [0.15, 0.2) is 0 Å². The lowest BCUT2D eigenvalue weighted by Crippen LogP contribution is -2.42. The number of halogens is 1. The first kappa shape index (κ1) is 26.1. The number of amides is 1. The van der Waals surface area contributed by atoms with Gasteiger partial charge in [-0.1, -0.05) is 41.9 Å². The van der Waals surface area contributed by atoms with Gasteiger partial charge in [0.1, 0.15) is 0 Å². The van der Waals surface area contributed by atoms with E-state index in [2.05, 4.69) is 63.5 Å². The predicted octanol–water partition coefficient (Wildman–Crippen LogP) is 4.63. The molecule has 1 saturated heterocycles. The Labute approximate surface area is 219 Å². The molecule has 0 bridgehead atoms. The van der Waals surface area contributed by atoms with Crippen molar-refractivity contribution in [2.75, 3.05) is 24.5 Å². The van der Waals surface area contributed by atoms with E-state index in [0.29, 0.717) is 6.54 Å². The van der Waals surface area contributed by atoms with E-state index in [4.69, 9.17) is 11.6 Å². The number of likely N-dealkylation sites (tertiary alicyclic amines) is 1. The van der Waals surface area contributed by atoms with E-state index in [0.717, 1.165) is 49.7 Å². The maximum Gasteiger partial charge on any atom is 0.237 e. The number of hydrogen-bond acceptors (Lipinski definition) is 5. The predicted molar refractivity (Wildman–Crippen MR) is 147 cm³/mol. The number of anilines is 1. The summed E-state index contributed by atoms with van der Waals surface area (Å²) in [7, 11) is 0. The third kappa shape index (κ3) is 7.06. The molecule has 1 aromatic heterocycles. The second kappa shape index (κ2) is 12.9. The molecule has 4 rings (SSSR count). The van der Waals surface area contributed by atoms with Crippen LogP contribution in [0, 0.1) is 0 Å². The molecule has 0 saturated carbocycles. The molecule has 0 radical (unpaired) electrons. The van der Waals surface area contributed by atoms with Gasteiger partial charge in [-0.3, -0.25) is 14.7 Å². The quantitative estimate of drug-likeness (QED) is 0.398. The zero-order chi connectivity index (χ0) is 25.3. The van der Waals surface area contributed by atoms with Gasteiger partial charge in [0.05, 0.1) is 6.04 Å². The Morgan fingerprint density at radius 1 is 1.00 bits per heavy atom. The van der Waals surface area contributed by atoms with Gasteiger partial charge in [0.2, 0.25) is 5.91 Å². The van der Waals surface area contributed by atoms with Crippen molar-refractivity contribution in [2.45, 2.75) is 52.0 Å². The van der Waals surface area contributed by atoms with Gasteiger partial charge in [-0.2, -0.15) is 0 Å². The van der Waals surface area contributed by atoms with Crippen molar-refractivity contribution in [3.63, 3.8) is 0 Å². The Morgan fingerprint density at radius 3 is 2.39 bits per heavy atom. The van der Waals surface area contributed by atoms with Gasteiger partial charge < -0.3 is 15.5 Å². The van der Waals surface area contributed by atoms with Crippen LogP contribution in [0.2, 0.25) is 5.02 Å². The largest absolute Gasteiger partial charge is 0.372 e. The zero-order valence-electron chi connectivity index (χ0n) is 21.2. The molecule has 6 nitrogen and oxygen atoms in total. The molecule has 190 valence electrons. The maximum atomic E-state index is 13.3. The molecule has 7 heteroatoms. The highest BCUT2D eigenvalue weighted by Gasteiger charge is 2.36. The monoisotopic (exact) mass is 505 g/mol. The van der Waals surface area contributed by atoms with Gasteiger partial charge >= 0.3 is 0 Å². The highest BCUT2D eigenvalue weighted by molar-refractivity contribution is 6.30. The first-order valence-corrected chi connectivity index (χ1v) is 13.2. The lowest BCUT2D eigenvalue weighted by molar-refractivity contribution is -0.125. The fraction of sp³-hybridized carbons (Fsp3) is 0.379. The first-order valence-electron chi connectivity index (χ1n) is 12.8. The smallest absolute Gasteiger partial charge is 0.237 e. The summed E-state index contributed by atoms with van der Waals surface area (Å²) in [6, 6.07) is 20.6. The van der Waals surface area contributed by atoms with Crippen molar-refractivity contribution < 1.29 is 4.79 Å². The van der Waals surface area contributed by atoms with Crippen LogP contribution in [0.3, 0.4) is 0 Å². The van der Waals surface area contributed by atoms with E-state index < -0.39 is 0 Å². The van der Waals surface area contributed by atoms with Crippen LogP contribution in [0.25, 0.3) is 0 Å². The van der Waals surface area contributed by atoms with Gasteiger partial charge in [0.25, 0.3) is 0 Å². The average Bonchev–Trinajstić information content (AvgIpc) is 3.32. The molecular weight excluding hydrogens is 470 g/mol. The highest BCUT2D eigenvalue weighted by atomic mass is 35.5. The van der Waals surface area contributed by atoms with Crippen LogP contribution in [0.5, 0.6) is 0 Å². The van der Waals surface area contributed by atoms with Gasteiger partial charge in [-0.15, -0.1) is 0 Å². The Bertz CT molecular complexity index is 1090. The summed E-state index contributed by atoms with van der Waals surface area (Å²) in [6.07, 6.45) is 4.30. The zero-order valence-corrected chi connectivity index (χ0v) is 21.9. The summed E-state index contributed by atoms with van der Waals surface area (Å²) < 4.78 is 0. The SMILES string of the molecule is CCN(CC)c1ccc(CN2C[C@@H](NCc3ccc(Cl)cc3)C[C@H]2C(=O)NCc2cccnc2)cc1. The second-order valence-corrected chi connectivity index (χ2v) is 9.74. The molecule has 1 fully saturated rings. The number of nitrogens with zero attached hydrogens (tertiary/aromatic N) is 3. The number of carbonyl (C=O) groups is 1. The molecule has 1 amide bonds. The van der Waals surface area contributed by atoms with Crippen molar-refractivity contribution in [1.82, 2.24) is 20.5 Å². The highest BCUT2D eigenvalue weighted by Crippen LogP contribution is 2.23. The number of pyridine rings is 1. The topological polar surface area (TPSA) is 60.5 Å². The lowest BCUT2D eigenvalue weighted by Gasteiger charge is -2.25. The molecule has 0 spiro atoms. The van der Waals surface area contributed by atoms with Gasteiger partial charge in [-0.25, -0.2) is 0 Å². The van der Waals surface area contributed by atoms with Crippen LogP contribution in [-0.4, -0.2) is 47.5 Å². The number of hydrogen-bond donors (Lipinski definition) is 2. The van der Waals surface area contributed by atoms with Gasteiger partial charge in [-0.05, 0) is 67.3 Å². The van der Waals surface area contributed by atoms with Crippen molar-refractivity contribution in [3.8, 4) is 0 Å². The number of rotatable bonds is 11. The maximum absolute atomic E-state index is 13.3. The Balaban J connectivity index is 1.42. The minimum absolute atomic E-state index is 0.0643. The summed E-state index contributed by atoms with van der Waals surface area (Å²) in [6.45, 7) is 9.11. The minimum atomic E-state index is -0.188. The van der Waals surface area contributed by atoms with E-state index >= 15 is 0 Å². The fourth-order valence-corrected chi connectivity index (χ4v) is 4.93. The number of benzene rings is 2. The number of aromatic nitrogens is 1. The standard InChI is InChI=1S/C29H36ClN5O/c1-3-34(4-2)27-13-9-23(10-14-27)20-35-21-26(32-18-22-7-11-25(30)12-8-22)16-28(35)29(36)33-19-24-6-5-15-31-17-24/h5-15,17,26,28,32H,3-4,16,18-21H2,1-2H3,(H,33,36)/t26-,28-/m0/s1. The molecule has 2 N–H and O–H groups in total. The third-order valence-corrected chi connectivity index (χ3v) is 7.11.